The molecule has 1 fully saturated rings. The molecule has 6 heteroatoms. The molecular formula is C15H25FN2O3. The van der Waals surface area contributed by atoms with Gasteiger partial charge in [-0.25, -0.2) is 9.18 Å². The molecule has 0 aliphatic carbocycles. The number of ether oxygens (including phenoxy) is 1. The lowest BCUT2D eigenvalue weighted by atomic mass is 10.1. The molecule has 0 aromatic rings. The summed E-state index contributed by atoms with van der Waals surface area (Å²) in [4.78, 5) is 26.4. The molecule has 0 bridgehead atoms. The Balaban J connectivity index is 2.66. The first-order valence-electron chi connectivity index (χ1n) is 7.16. The molecule has 1 heterocycles. The van der Waals surface area contributed by atoms with Gasteiger partial charge in [-0.05, 0) is 27.7 Å². The lowest BCUT2D eigenvalue weighted by Crippen LogP contribution is -2.56. The topological polar surface area (TPSA) is 49.9 Å². The van der Waals surface area contributed by atoms with Crippen molar-refractivity contribution in [1.82, 2.24) is 9.80 Å². The maximum Gasteiger partial charge on any atom is 0.410 e. The van der Waals surface area contributed by atoms with Crippen molar-refractivity contribution in [3.63, 3.8) is 0 Å². The fraction of sp³-hybridized carbons (Fsp3) is 0.733. The van der Waals surface area contributed by atoms with Gasteiger partial charge >= 0.3 is 6.09 Å². The largest absolute Gasteiger partial charge is 0.444 e. The van der Waals surface area contributed by atoms with Crippen molar-refractivity contribution in [1.29, 1.82) is 0 Å². The summed E-state index contributed by atoms with van der Waals surface area (Å²) in [5, 5.41) is 0. The van der Waals surface area contributed by atoms with E-state index in [1.54, 1.807) is 20.8 Å². The summed E-state index contributed by atoms with van der Waals surface area (Å²) in [5.41, 5.74) is -0.578. The fourth-order valence-electron chi connectivity index (χ4n) is 2.18. The molecule has 1 rings (SSSR count). The lowest BCUT2D eigenvalue weighted by Gasteiger charge is -2.40. The van der Waals surface area contributed by atoms with E-state index in [1.807, 2.05) is 4.90 Å². The van der Waals surface area contributed by atoms with Crippen LogP contribution < -0.4 is 0 Å². The van der Waals surface area contributed by atoms with Crippen molar-refractivity contribution in [3.8, 4) is 0 Å². The molecule has 5 nitrogen and oxygen atoms in total. The minimum Gasteiger partial charge on any atom is -0.444 e. The van der Waals surface area contributed by atoms with E-state index in [9.17, 15) is 14.0 Å². The Morgan fingerprint density at radius 1 is 1.33 bits per heavy atom. The number of ketones is 1. The normalized spacial score (nSPS) is 20.2. The van der Waals surface area contributed by atoms with Crippen molar-refractivity contribution >= 4 is 11.9 Å². The van der Waals surface area contributed by atoms with E-state index < -0.39 is 23.6 Å². The van der Waals surface area contributed by atoms with Crippen molar-refractivity contribution < 1.29 is 18.7 Å². The Labute approximate surface area is 125 Å². The van der Waals surface area contributed by atoms with Gasteiger partial charge in [0, 0.05) is 32.6 Å². The number of amides is 1. The first kappa shape index (κ1) is 17.6. The summed E-state index contributed by atoms with van der Waals surface area (Å²) in [6.07, 6.45) is -0.0732. The molecule has 1 aliphatic rings. The number of hydrogen-bond acceptors (Lipinski definition) is 4. The summed E-state index contributed by atoms with van der Waals surface area (Å²) in [7, 11) is 0. The van der Waals surface area contributed by atoms with E-state index in [1.165, 1.54) is 11.8 Å². The van der Waals surface area contributed by atoms with Gasteiger partial charge in [-0.15, -0.1) is 0 Å². The number of Topliss-reactive ketones (excluding diaryl/α,β-unsaturated/α-hetero) is 1. The van der Waals surface area contributed by atoms with Crippen molar-refractivity contribution in [2.45, 2.75) is 45.8 Å². The van der Waals surface area contributed by atoms with Crippen LogP contribution in [0.3, 0.4) is 0 Å². The van der Waals surface area contributed by atoms with Crippen LogP contribution in [0.15, 0.2) is 12.4 Å². The second kappa shape index (κ2) is 7.02. The van der Waals surface area contributed by atoms with E-state index in [4.69, 9.17) is 4.74 Å². The third-order valence-electron chi connectivity index (χ3n) is 3.26. The number of halogens is 1. The Morgan fingerprint density at radius 2 is 1.95 bits per heavy atom. The number of piperazine rings is 1. The highest BCUT2D eigenvalue weighted by Crippen LogP contribution is 2.19. The first-order chi connectivity index (χ1) is 9.60. The van der Waals surface area contributed by atoms with Crippen LogP contribution in [0, 0.1) is 0 Å². The number of rotatable bonds is 4. The molecular weight excluding hydrogens is 275 g/mol. The molecule has 1 aliphatic heterocycles. The highest BCUT2D eigenvalue weighted by Gasteiger charge is 2.33. The number of hydrogen-bond donors (Lipinski definition) is 0. The molecule has 0 N–H and O–H groups in total. The van der Waals surface area contributed by atoms with Gasteiger partial charge in [0.2, 0.25) is 0 Å². The Morgan fingerprint density at radius 3 is 2.43 bits per heavy atom. The SMILES string of the molecule is C=C(F)[C@H]1CN(C(=O)OC(C)(C)C)CCN1CCC(C)=O. The van der Waals surface area contributed by atoms with Gasteiger partial charge in [0.1, 0.15) is 17.2 Å². The van der Waals surface area contributed by atoms with Gasteiger partial charge < -0.3 is 9.64 Å². The average molecular weight is 300 g/mol. The monoisotopic (exact) mass is 300 g/mol. The molecule has 1 saturated heterocycles. The highest BCUT2D eigenvalue weighted by molar-refractivity contribution is 5.75. The van der Waals surface area contributed by atoms with E-state index in [0.717, 1.165) is 0 Å². The van der Waals surface area contributed by atoms with Gasteiger partial charge in [0.25, 0.3) is 0 Å². The van der Waals surface area contributed by atoms with Gasteiger partial charge in [-0.2, -0.15) is 0 Å². The van der Waals surface area contributed by atoms with Crippen LogP contribution in [0.5, 0.6) is 0 Å². The molecule has 0 aromatic heterocycles. The van der Waals surface area contributed by atoms with Crippen molar-refractivity contribution in [3.05, 3.63) is 12.4 Å². The first-order valence-corrected chi connectivity index (χ1v) is 7.16. The molecule has 0 saturated carbocycles. The number of nitrogens with zero attached hydrogens (tertiary/aromatic N) is 2. The molecule has 21 heavy (non-hydrogen) atoms. The molecule has 0 spiro atoms. The minimum absolute atomic E-state index is 0.0628. The van der Waals surface area contributed by atoms with Gasteiger partial charge in [0.15, 0.2) is 0 Å². The van der Waals surface area contributed by atoms with Crippen LogP contribution in [0.4, 0.5) is 9.18 Å². The zero-order chi connectivity index (χ0) is 16.2. The maximum atomic E-state index is 13.6. The zero-order valence-corrected chi connectivity index (χ0v) is 13.3. The van der Waals surface area contributed by atoms with Gasteiger partial charge in [0.05, 0.1) is 6.04 Å². The van der Waals surface area contributed by atoms with Crippen LogP contribution >= 0.6 is 0 Å². The van der Waals surface area contributed by atoms with Crippen LogP contribution in [-0.4, -0.2) is 59.5 Å². The van der Waals surface area contributed by atoms with Crippen LogP contribution in [0.25, 0.3) is 0 Å². The second-order valence-corrected chi connectivity index (χ2v) is 6.38. The third kappa shape index (κ3) is 5.83. The van der Waals surface area contributed by atoms with E-state index in [-0.39, 0.29) is 12.3 Å². The zero-order valence-electron chi connectivity index (χ0n) is 13.3. The third-order valence-corrected chi connectivity index (χ3v) is 3.26. The van der Waals surface area contributed by atoms with E-state index in [2.05, 4.69) is 6.58 Å². The maximum absolute atomic E-state index is 13.6. The smallest absolute Gasteiger partial charge is 0.410 e. The number of carbonyl (C=O) groups is 2. The van der Waals surface area contributed by atoms with Crippen LogP contribution in [0.2, 0.25) is 0 Å². The van der Waals surface area contributed by atoms with E-state index >= 15 is 0 Å². The summed E-state index contributed by atoms with van der Waals surface area (Å²) >= 11 is 0. The molecule has 0 aromatic carbocycles. The molecule has 0 radical (unpaired) electrons. The van der Waals surface area contributed by atoms with Gasteiger partial charge in [-0.3, -0.25) is 9.69 Å². The predicted molar refractivity (Wildman–Crippen MR) is 78.7 cm³/mol. The molecule has 1 amide bonds. The lowest BCUT2D eigenvalue weighted by molar-refractivity contribution is -0.117. The number of carbonyl (C=O) groups excluding carboxylic acids is 2. The predicted octanol–water partition coefficient (Wildman–Crippen LogP) is 2.37. The highest BCUT2D eigenvalue weighted by atomic mass is 19.1. The van der Waals surface area contributed by atoms with Crippen LogP contribution in [0.1, 0.15) is 34.1 Å². The minimum atomic E-state index is -0.578. The Hall–Kier alpha value is -1.43. The Kier molecular flexibility index (Phi) is 5.89. The average Bonchev–Trinajstić information content (AvgIpc) is 2.33. The van der Waals surface area contributed by atoms with Gasteiger partial charge in [-0.1, -0.05) is 6.58 Å². The molecule has 0 unspecified atom stereocenters. The Bertz CT molecular complexity index is 418. The summed E-state index contributed by atoms with van der Waals surface area (Å²) < 4.78 is 18.9. The van der Waals surface area contributed by atoms with Crippen molar-refractivity contribution in [2.24, 2.45) is 0 Å². The summed E-state index contributed by atoms with van der Waals surface area (Å²) in [6, 6.07) is -0.578. The summed E-state index contributed by atoms with van der Waals surface area (Å²) in [6.45, 7) is 11.9. The van der Waals surface area contributed by atoms with Crippen molar-refractivity contribution in [2.75, 3.05) is 26.2 Å². The quantitative estimate of drug-likeness (QED) is 0.800. The summed E-state index contributed by atoms with van der Waals surface area (Å²) in [5.74, 6) is -0.431. The second-order valence-electron chi connectivity index (χ2n) is 6.38. The molecule has 120 valence electrons. The standard InChI is InChI=1S/C15H25FN2O3/c1-11(19)6-7-17-8-9-18(10-13(17)12(2)16)14(20)21-15(3,4)5/h13H,2,6-10H2,1,3-5H3/t13-/m1/s1. The molecule has 1 atom stereocenters. The van der Waals surface area contributed by atoms with Crippen LogP contribution in [-0.2, 0) is 9.53 Å². The fourth-order valence-corrected chi connectivity index (χ4v) is 2.18. The van der Waals surface area contributed by atoms with E-state index in [0.29, 0.717) is 26.1 Å².